The van der Waals surface area contributed by atoms with Crippen molar-refractivity contribution >= 4 is 40.5 Å². The number of rotatable bonds is 11. The summed E-state index contributed by atoms with van der Waals surface area (Å²) in [7, 11) is 0. The number of hydrogen-bond donors (Lipinski definition) is 3. The number of carbonyl (C=O) groups is 1. The van der Waals surface area contributed by atoms with Crippen molar-refractivity contribution in [2.45, 2.75) is 6.92 Å². The largest absolute Gasteiger partial charge is 0.394 e. The van der Waals surface area contributed by atoms with Gasteiger partial charge >= 0.3 is 6.03 Å². The topological polar surface area (TPSA) is 114 Å². The minimum absolute atomic E-state index is 0.0442. The Hall–Kier alpha value is -3.82. The highest BCUT2D eigenvalue weighted by Gasteiger charge is 2.36. The van der Waals surface area contributed by atoms with E-state index >= 15 is 8.78 Å². The predicted molar refractivity (Wildman–Crippen MR) is 146 cm³/mol. The molecule has 0 aliphatic carbocycles. The molecule has 39 heavy (non-hydrogen) atoms. The molecule has 0 unspecified atom stereocenters. The molecule has 0 atom stereocenters. The molecule has 9 nitrogen and oxygen atoms in total. The first-order valence-electron chi connectivity index (χ1n) is 12.3. The number of nitriles is 1. The Balaban J connectivity index is 1.67. The Labute approximate surface area is 229 Å². The normalized spacial score (nSPS) is 12.6. The van der Waals surface area contributed by atoms with E-state index in [4.69, 9.17) is 21.4 Å². The summed E-state index contributed by atoms with van der Waals surface area (Å²) < 4.78 is 36.4. The number of aliphatic hydroxyl groups excluding tert-OH is 1. The third-order valence-electron chi connectivity index (χ3n) is 6.02. The van der Waals surface area contributed by atoms with Gasteiger partial charge in [0.1, 0.15) is 11.5 Å². The molecule has 2 heterocycles. The highest BCUT2D eigenvalue weighted by Crippen LogP contribution is 2.45. The van der Waals surface area contributed by atoms with E-state index < -0.39 is 23.4 Å². The van der Waals surface area contributed by atoms with Crippen LogP contribution in [0.15, 0.2) is 42.6 Å². The quantitative estimate of drug-likeness (QED) is 0.294. The van der Waals surface area contributed by atoms with Crippen LogP contribution in [0.2, 0.25) is 5.02 Å². The van der Waals surface area contributed by atoms with E-state index in [1.54, 1.807) is 25.1 Å². The molecule has 1 aliphatic rings. The highest BCUT2D eigenvalue weighted by atomic mass is 35.5. The lowest BCUT2D eigenvalue weighted by Crippen LogP contribution is -2.41. The summed E-state index contributed by atoms with van der Waals surface area (Å²) in [5, 5.41) is 24.6. The van der Waals surface area contributed by atoms with Crippen LogP contribution in [-0.4, -0.2) is 62.1 Å². The zero-order valence-electron chi connectivity index (χ0n) is 21.2. The van der Waals surface area contributed by atoms with Gasteiger partial charge in [0.05, 0.1) is 42.2 Å². The van der Waals surface area contributed by atoms with Crippen LogP contribution in [0.25, 0.3) is 11.1 Å². The lowest BCUT2D eigenvalue weighted by Gasteiger charge is -2.28. The van der Waals surface area contributed by atoms with Crippen molar-refractivity contribution in [2.75, 3.05) is 61.1 Å². The summed E-state index contributed by atoms with van der Waals surface area (Å²) in [6.07, 6.45) is 1.40. The van der Waals surface area contributed by atoms with Crippen LogP contribution >= 0.6 is 11.6 Å². The van der Waals surface area contributed by atoms with Crippen molar-refractivity contribution in [3.63, 3.8) is 0 Å². The second kappa shape index (κ2) is 12.8. The molecule has 4 rings (SSSR count). The van der Waals surface area contributed by atoms with Crippen LogP contribution in [-0.2, 0) is 4.74 Å². The van der Waals surface area contributed by atoms with Crippen LogP contribution in [0, 0.1) is 23.0 Å². The van der Waals surface area contributed by atoms with E-state index in [1.807, 2.05) is 6.07 Å². The maximum Gasteiger partial charge on any atom is 0.334 e. The van der Waals surface area contributed by atoms with E-state index in [-0.39, 0.29) is 42.5 Å². The van der Waals surface area contributed by atoms with Gasteiger partial charge in [0.15, 0.2) is 11.6 Å². The average Bonchev–Trinajstić information content (AvgIpc) is 3.01. The Morgan fingerprint density at radius 3 is 2.56 bits per heavy atom. The molecule has 0 saturated carbocycles. The number of aliphatic hydroxyl groups is 1. The number of carbonyl (C=O) groups excluding carboxylic acids is 1. The number of nitrogens with zero attached hydrogens (tertiary/aromatic N) is 4. The molecule has 0 bridgehead atoms. The number of amides is 2. The van der Waals surface area contributed by atoms with Gasteiger partial charge in [0.2, 0.25) is 0 Å². The van der Waals surface area contributed by atoms with Crippen LogP contribution in [0.3, 0.4) is 0 Å². The van der Waals surface area contributed by atoms with Crippen molar-refractivity contribution in [1.82, 2.24) is 10.3 Å². The molecule has 2 amide bonds. The molecular formula is C27H27ClF2N6O3. The van der Waals surface area contributed by atoms with Crippen LogP contribution < -0.4 is 20.4 Å². The summed E-state index contributed by atoms with van der Waals surface area (Å²) in [6, 6.07) is 9.73. The first kappa shape index (κ1) is 28.2. The van der Waals surface area contributed by atoms with Crippen LogP contribution in [0.5, 0.6) is 0 Å². The van der Waals surface area contributed by atoms with Gasteiger partial charge in [-0.2, -0.15) is 5.26 Å². The molecule has 1 aromatic heterocycles. The van der Waals surface area contributed by atoms with Gasteiger partial charge in [-0.15, -0.1) is 0 Å². The second-order valence-corrected chi connectivity index (χ2v) is 8.97. The third-order valence-corrected chi connectivity index (χ3v) is 6.22. The molecule has 204 valence electrons. The van der Waals surface area contributed by atoms with E-state index in [9.17, 15) is 10.1 Å². The minimum Gasteiger partial charge on any atom is -0.394 e. The molecule has 1 aliphatic heterocycles. The number of anilines is 4. The van der Waals surface area contributed by atoms with Crippen LogP contribution in [0.4, 0.5) is 36.5 Å². The lowest BCUT2D eigenvalue weighted by molar-refractivity contribution is 0.0941. The fourth-order valence-electron chi connectivity index (χ4n) is 4.29. The number of ether oxygens (including phenoxy) is 1. The number of halogens is 3. The first-order chi connectivity index (χ1) is 18.9. The van der Waals surface area contributed by atoms with Crippen molar-refractivity contribution in [2.24, 2.45) is 0 Å². The average molecular weight is 557 g/mol. The first-order valence-corrected chi connectivity index (χ1v) is 12.7. The number of urea groups is 1. The Bertz CT molecular complexity index is 1380. The number of nitrogens with one attached hydrogen (secondary N) is 2. The number of pyridine rings is 1. The van der Waals surface area contributed by atoms with Crippen molar-refractivity contribution in [1.29, 1.82) is 5.26 Å². The van der Waals surface area contributed by atoms with Gasteiger partial charge in [-0.05, 0) is 37.3 Å². The lowest BCUT2D eigenvalue weighted by atomic mass is 10.0. The number of fused-ring (bicyclic) bond motifs is 3. The second-order valence-electron chi connectivity index (χ2n) is 8.53. The minimum atomic E-state index is -0.961. The summed E-state index contributed by atoms with van der Waals surface area (Å²) >= 11 is 6.21. The molecule has 0 spiro atoms. The van der Waals surface area contributed by atoms with Gasteiger partial charge in [-0.3, -0.25) is 9.80 Å². The van der Waals surface area contributed by atoms with E-state index in [0.717, 1.165) is 17.0 Å². The third kappa shape index (κ3) is 6.10. The highest BCUT2D eigenvalue weighted by molar-refractivity contribution is 6.31. The van der Waals surface area contributed by atoms with Gasteiger partial charge in [-0.25, -0.2) is 18.6 Å². The van der Waals surface area contributed by atoms with E-state index in [2.05, 4.69) is 15.6 Å². The summed E-state index contributed by atoms with van der Waals surface area (Å²) in [6.45, 7) is 3.97. The zero-order valence-corrected chi connectivity index (χ0v) is 21.9. The molecule has 2 aromatic carbocycles. The molecular weight excluding hydrogens is 530 g/mol. The number of benzene rings is 2. The monoisotopic (exact) mass is 556 g/mol. The molecule has 12 heteroatoms. The molecule has 0 fully saturated rings. The SMILES string of the molecule is CCN1C(=O)N(c2c(F)cc(NCCNCCOCCO)cc2F)c2cc(C#N)ccc2-c2cc(Cl)cnc21. The summed E-state index contributed by atoms with van der Waals surface area (Å²) in [4.78, 5) is 20.4. The van der Waals surface area contributed by atoms with E-state index in [0.29, 0.717) is 42.4 Å². The maximum atomic E-state index is 15.6. The van der Waals surface area contributed by atoms with Gasteiger partial charge < -0.3 is 20.5 Å². The van der Waals surface area contributed by atoms with Gasteiger partial charge in [-0.1, -0.05) is 17.7 Å². The maximum absolute atomic E-state index is 15.6. The Morgan fingerprint density at radius 2 is 1.87 bits per heavy atom. The van der Waals surface area contributed by atoms with Crippen molar-refractivity contribution in [3.8, 4) is 17.2 Å². The van der Waals surface area contributed by atoms with Crippen LogP contribution in [0.1, 0.15) is 12.5 Å². The fraction of sp³-hybridized carbons (Fsp3) is 0.296. The molecule has 3 aromatic rings. The van der Waals surface area contributed by atoms with E-state index in [1.165, 1.54) is 17.2 Å². The fourth-order valence-corrected chi connectivity index (χ4v) is 4.45. The Kier molecular flexibility index (Phi) is 9.27. The van der Waals surface area contributed by atoms with Gasteiger partial charge in [0.25, 0.3) is 0 Å². The summed E-state index contributed by atoms with van der Waals surface area (Å²) in [5.41, 5.74) is 0.905. The smallest absolute Gasteiger partial charge is 0.334 e. The molecule has 0 saturated heterocycles. The number of hydrogen-bond acceptors (Lipinski definition) is 7. The standard InChI is InChI=1S/C27H27ClF2N6O3/c1-2-35-26-21(12-18(28)16-34-26)20-4-3-17(15-31)11-24(20)36(27(35)38)25-22(29)13-19(14-23(25)30)33-6-5-32-7-9-39-10-8-37/h3-4,11-14,16,32-33,37H,2,5-10H2,1H3. The molecule has 0 radical (unpaired) electrons. The van der Waals surface area contributed by atoms with Crippen molar-refractivity contribution in [3.05, 3.63) is 64.8 Å². The predicted octanol–water partition coefficient (Wildman–Crippen LogP) is 4.66. The van der Waals surface area contributed by atoms with Crippen molar-refractivity contribution < 1.29 is 23.4 Å². The van der Waals surface area contributed by atoms with Gasteiger partial charge in [0, 0.05) is 49.2 Å². The molecule has 3 N–H and O–H groups in total. The summed E-state index contributed by atoms with van der Waals surface area (Å²) in [5.74, 6) is -1.64. The Morgan fingerprint density at radius 1 is 1.10 bits per heavy atom. The zero-order chi connectivity index (χ0) is 27.9. The number of aromatic nitrogens is 1.